The van der Waals surface area contributed by atoms with Crippen molar-refractivity contribution in [2.24, 2.45) is 0 Å². The highest BCUT2D eigenvalue weighted by atomic mass is 16.5. The molecule has 1 saturated heterocycles. The average Bonchev–Trinajstić information content (AvgIpc) is 3.11. The van der Waals surface area contributed by atoms with Gasteiger partial charge >= 0.3 is 5.69 Å². The molecule has 1 fully saturated rings. The maximum atomic E-state index is 12.0. The Hall–Kier alpha value is -1.96. The summed E-state index contributed by atoms with van der Waals surface area (Å²) in [5.41, 5.74) is 0.575. The van der Waals surface area contributed by atoms with Gasteiger partial charge in [-0.1, -0.05) is 23.8 Å². The van der Waals surface area contributed by atoms with Crippen molar-refractivity contribution in [1.82, 2.24) is 9.55 Å². The van der Waals surface area contributed by atoms with E-state index in [4.69, 9.17) is 9.84 Å². The number of rotatable bonds is 4. The van der Waals surface area contributed by atoms with Crippen molar-refractivity contribution < 1.29 is 14.9 Å². The summed E-state index contributed by atoms with van der Waals surface area (Å²) >= 11 is 0. The molecule has 0 spiro atoms. The van der Waals surface area contributed by atoms with Gasteiger partial charge in [-0.2, -0.15) is 0 Å². The Morgan fingerprint density at radius 3 is 2.86 bits per heavy atom. The lowest BCUT2D eigenvalue weighted by Crippen LogP contribution is -2.34. The van der Waals surface area contributed by atoms with Gasteiger partial charge in [-0.05, 0) is 6.42 Å². The Balaban J connectivity index is 1.88. The highest BCUT2D eigenvalue weighted by Gasteiger charge is 2.35. The molecule has 0 radical (unpaired) electrons. The third-order valence-electron chi connectivity index (χ3n) is 4.00. The molecule has 0 aromatic carbocycles. The number of allylic oxidation sites excluding steroid dienone is 4. The van der Waals surface area contributed by atoms with Gasteiger partial charge in [0.25, 0.3) is 5.56 Å². The van der Waals surface area contributed by atoms with Crippen LogP contribution in [0.2, 0.25) is 0 Å². The molecule has 118 valence electrons. The lowest BCUT2D eigenvalue weighted by molar-refractivity contribution is -0.0459. The van der Waals surface area contributed by atoms with Crippen LogP contribution in [0.3, 0.4) is 0 Å². The summed E-state index contributed by atoms with van der Waals surface area (Å²) in [5, 5.41) is 18.9. The second-order valence-corrected chi connectivity index (χ2v) is 5.57. The van der Waals surface area contributed by atoms with E-state index >= 15 is 0 Å². The molecule has 0 saturated carbocycles. The van der Waals surface area contributed by atoms with Gasteiger partial charge < -0.3 is 14.9 Å². The molecule has 2 heterocycles. The second kappa shape index (κ2) is 6.04. The van der Waals surface area contributed by atoms with Crippen LogP contribution in [0.4, 0.5) is 0 Å². The predicted octanol–water partition coefficient (Wildman–Crippen LogP) is -0.394. The lowest BCUT2D eigenvalue weighted by Gasteiger charge is -2.15. The normalized spacial score (nSPS) is 27.4. The molecule has 7 heteroatoms. The molecule has 3 atom stereocenters. The molecule has 3 rings (SSSR count). The minimum atomic E-state index is -0.834. The summed E-state index contributed by atoms with van der Waals surface area (Å²) in [7, 11) is 0. The highest BCUT2D eigenvalue weighted by Crippen LogP contribution is 2.27. The van der Waals surface area contributed by atoms with Gasteiger partial charge in [0.1, 0.15) is 12.3 Å². The number of aromatic nitrogens is 2. The van der Waals surface area contributed by atoms with Crippen LogP contribution in [0.15, 0.2) is 39.6 Å². The highest BCUT2D eigenvalue weighted by molar-refractivity contribution is 5.27. The van der Waals surface area contributed by atoms with Crippen molar-refractivity contribution in [1.29, 1.82) is 0 Å². The molecule has 22 heavy (non-hydrogen) atoms. The third-order valence-corrected chi connectivity index (χ3v) is 4.00. The number of hydrogen-bond acceptors (Lipinski definition) is 5. The largest absolute Gasteiger partial charge is 0.394 e. The van der Waals surface area contributed by atoms with Gasteiger partial charge in [-0.15, -0.1) is 0 Å². The van der Waals surface area contributed by atoms with Gasteiger partial charge in [0.2, 0.25) is 0 Å². The Labute approximate surface area is 126 Å². The number of hydrogen-bond donors (Lipinski definition) is 3. The lowest BCUT2D eigenvalue weighted by atomic mass is 10.1. The monoisotopic (exact) mass is 306 g/mol. The standard InChI is InChI=1S/C15H18N2O5/c18-8-12-11(19)6-13(22-12)17-7-10(14(20)16-15(17)21)5-9-3-1-2-4-9/h1-3,7,11-13,18-19H,4-6,8H2,(H,16,20,21)/t11-,12+,13+/m0/s1. The van der Waals surface area contributed by atoms with Gasteiger partial charge in [-0.25, -0.2) is 4.79 Å². The van der Waals surface area contributed by atoms with Crippen molar-refractivity contribution >= 4 is 0 Å². The topological polar surface area (TPSA) is 105 Å². The van der Waals surface area contributed by atoms with Gasteiger partial charge in [0, 0.05) is 24.6 Å². The van der Waals surface area contributed by atoms with Gasteiger partial charge in [0.15, 0.2) is 0 Å². The number of H-pyrrole nitrogens is 1. The molecule has 2 aliphatic rings. The molecule has 1 aromatic rings. The maximum absolute atomic E-state index is 12.0. The Bertz CT molecular complexity index is 730. The summed E-state index contributed by atoms with van der Waals surface area (Å²) in [5.74, 6) is 0. The molecule has 1 aliphatic heterocycles. The first-order chi connectivity index (χ1) is 10.6. The van der Waals surface area contributed by atoms with Crippen LogP contribution in [0, 0.1) is 0 Å². The smallest absolute Gasteiger partial charge is 0.330 e. The van der Waals surface area contributed by atoms with E-state index in [2.05, 4.69) is 4.98 Å². The van der Waals surface area contributed by atoms with Crippen molar-refractivity contribution in [3.05, 3.63) is 56.4 Å². The number of nitrogens with one attached hydrogen (secondary N) is 1. The molecule has 0 amide bonds. The fraction of sp³-hybridized carbons (Fsp3) is 0.467. The first-order valence-electron chi connectivity index (χ1n) is 7.22. The number of ether oxygens (including phenoxy) is 1. The van der Waals surface area contributed by atoms with Crippen molar-refractivity contribution in [3.8, 4) is 0 Å². The zero-order chi connectivity index (χ0) is 15.7. The molecule has 1 aromatic heterocycles. The van der Waals surface area contributed by atoms with Crippen LogP contribution in [-0.2, 0) is 11.2 Å². The first-order valence-corrected chi connectivity index (χ1v) is 7.22. The molecular formula is C15H18N2O5. The van der Waals surface area contributed by atoms with E-state index < -0.39 is 29.7 Å². The van der Waals surface area contributed by atoms with E-state index in [0.29, 0.717) is 12.0 Å². The molecule has 0 bridgehead atoms. The molecule has 3 N–H and O–H groups in total. The second-order valence-electron chi connectivity index (χ2n) is 5.57. The summed E-state index contributed by atoms with van der Waals surface area (Å²) in [6.07, 6.45) is 6.58. The zero-order valence-corrected chi connectivity index (χ0v) is 11.9. The molecule has 7 nitrogen and oxygen atoms in total. The Morgan fingerprint density at radius 1 is 1.41 bits per heavy atom. The number of aliphatic hydroxyl groups is 2. The summed E-state index contributed by atoms with van der Waals surface area (Å²) in [6.45, 7) is -0.318. The van der Waals surface area contributed by atoms with Crippen molar-refractivity contribution in [3.63, 3.8) is 0 Å². The summed E-state index contributed by atoms with van der Waals surface area (Å²) in [6, 6.07) is 0. The van der Waals surface area contributed by atoms with E-state index in [-0.39, 0.29) is 13.0 Å². The average molecular weight is 306 g/mol. The maximum Gasteiger partial charge on any atom is 0.330 e. The first kappa shape index (κ1) is 15.0. The van der Waals surface area contributed by atoms with Crippen LogP contribution >= 0.6 is 0 Å². The number of aromatic amines is 1. The summed E-state index contributed by atoms with van der Waals surface area (Å²) in [4.78, 5) is 26.2. The van der Waals surface area contributed by atoms with Crippen LogP contribution < -0.4 is 11.2 Å². The molecule has 1 aliphatic carbocycles. The van der Waals surface area contributed by atoms with Crippen molar-refractivity contribution in [2.45, 2.75) is 37.7 Å². The minimum Gasteiger partial charge on any atom is -0.394 e. The van der Waals surface area contributed by atoms with E-state index in [9.17, 15) is 14.7 Å². The molecular weight excluding hydrogens is 288 g/mol. The number of aliphatic hydroxyl groups excluding tert-OH is 2. The van der Waals surface area contributed by atoms with Gasteiger partial charge in [0.05, 0.1) is 12.7 Å². The predicted molar refractivity (Wildman–Crippen MR) is 78.5 cm³/mol. The Morgan fingerprint density at radius 2 is 2.23 bits per heavy atom. The van der Waals surface area contributed by atoms with Gasteiger partial charge in [-0.3, -0.25) is 14.3 Å². The summed E-state index contributed by atoms with van der Waals surface area (Å²) < 4.78 is 6.74. The number of nitrogens with zero attached hydrogens (tertiary/aromatic N) is 1. The zero-order valence-electron chi connectivity index (χ0n) is 11.9. The van der Waals surface area contributed by atoms with Crippen LogP contribution in [0.5, 0.6) is 0 Å². The van der Waals surface area contributed by atoms with Crippen LogP contribution in [-0.4, -0.2) is 38.6 Å². The van der Waals surface area contributed by atoms with E-state index in [1.807, 2.05) is 18.2 Å². The minimum absolute atomic E-state index is 0.195. The quantitative estimate of drug-likeness (QED) is 0.702. The third kappa shape index (κ3) is 2.83. The van der Waals surface area contributed by atoms with E-state index in [1.54, 1.807) is 0 Å². The molecule has 0 unspecified atom stereocenters. The van der Waals surface area contributed by atoms with Crippen LogP contribution in [0.1, 0.15) is 24.6 Å². The fourth-order valence-corrected chi connectivity index (χ4v) is 2.78. The SMILES string of the molecule is O=c1[nH]c(=O)n([C@H]2C[C@H](O)[C@@H](CO)O2)cc1CC1=CC=CC1. The fourth-order valence-electron chi connectivity index (χ4n) is 2.78. The van der Waals surface area contributed by atoms with Crippen LogP contribution in [0.25, 0.3) is 0 Å². The Kier molecular flexibility index (Phi) is 4.10. The van der Waals surface area contributed by atoms with E-state index in [1.165, 1.54) is 10.8 Å². The van der Waals surface area contributed by atoms with E-state index in [0.717, 1.165) is 12.0 Å². The van der Waals surface area contributed by atoms with Crippen molar-refractivity contribution in [2.75, 3.05) is 6.61 Å².